The molecule has 1 aliphatic carbocycles. The lowest BCUT2D eigenvalue weighted by molar-refractivity contribution is 0.0932. The molecule has 1 fully saturated rings. The van der Waals surface area contributed by atoms with E-state index < -0.39 is 5.54 Å². The van der Waals surface area contributed by atoms with Crippen LogP contribution in [-0.2, 0) is 0 Å². The average Bonchev–Trinajstić information content (AvgIpc) is 3.38. The molecule has 0 atom stereocenters. The van der Waals surface area contributed by atoms with Gasteiger partial charge >= 0.3 is 0 Å². The minimum Gasteiger partial charge on any atom is -0.349 e. The maximum atomic E-state index is 13.0. The van der Waals surface area contributed by atoms with Crippen molar-refractivity contribution in [1.82, 2.24) is 15.1 Å². The summed E-state index contributed by atoms with van der Waals surface area (Å²) in [5, 5.41) is 16.8. The van der Waals surface area contributed by atoms with Gasteiger partial charge in [-0.1, -0.05) is 12.1 Å². The molecule has 1 aromatic heterocycles. The topological polar surface area (TPSA) is 96.7 Å². The van der Waals surface area contributed by atoms with Gasteiger partial charge in [-0.15, -0.1) is 0 Å². The van der Waals surface area contributed by atoms with E-state index in [9.17, 15) is 4.79 Å². The summed E-state index contributed by atoms with van der Waals surface area (Å²) in [5.41, 5.74) is 9.59. The van der Waals surface area contributed by atoms with Gasteiger partial charge in [0.15, 0.2) is 0 Å². The van der Waals surface area contributed by atoms with Crippen LogP contribution in [0.15, 0.2) is 24.3 Å². The van der Waals surface area contributed by atoms with Crippen molar-refractivity contribution in [2.75, 3.05) is 6.54 Å². The quantitative estimate of drug-likeness (QED) is 0.820. The fourth-order valence-corrected chi connectivity index (χ4v) is 3.11. The Morgan fingerprint density at radius 3 is 2.48 bits per heavy atom. The number of hydrogen-bond acceptors (Lipinski definition) is 4. The molecule has 142 valence electrons. The van der Waals surface area contributed by atoms with Gasteiger partial charge in [0.2, 0.25) is 0 Å². The number of hydrogen-bond donors (Lipinski definition) is 2. The van der Waals surface area contributed by atoms with E-state index in [0.717, 1.165) is 29.7 Å². The third kappa shape index (κ3) is 4.20. The summed E-state index contributed by atoms with van der Waals surface area (Å²) in [6.45, 7) is 8.21. The third-order valence-corrected chi connectivity index (χ3v) is 4.63. The number of carbonyl (C=O) groups excluding carboxylic acids is 1. The molecular weight excluding hydrogens is 338 g/mol. The molecule has 3 rings (SSSR count). The zero-order valence-electron chi connectivity index (χ0n) is 16.4. The van der Waals surface area contributed by atoms with E-state index >= 15 is 0 Å². The van der Waals surface area contributed by atoms with Gasteiger partial charge in [0.25, 0.3) is 5.91 Å². The first-order valence-corrected chi connectivity index (χ1v) is 9.41. The summed E-state index contributed by atoms with van der Waals surface area (Å²) in [4.78, 5) is 13.0. The summed E-state index contributed by atoms with van der Waals surface area (Å²) < 4.78 is 1.82. The van der Waals surface area contributed by atoms with Crippen LogP contribution in [0, 0.1) is 11.3 Å². The number of nitrogens with two attached hydrogens (primary N) is 1. The number of nitrogens with one attached hydrogen (secondary N) is 1. The van der Waals surface area contributed by atoms with E-state index in [1.807, 2.05) is 44.5 Å². The van der Waals surface area contributed by atoms with Crippen molar-refractivity contribution >= 4 is 5.91 Å². The van der Waals surface area contributed by atoms with E-state index in [-0.39, 0.29) is 11.9 Å². The Morgan fingerprint density at radius 2 is 2.00 bits per heavy atom. The van der Waals surface area contributed by atoms with Crippen LogP contribution < -0.4 is 11.1 Å². The van der Waals surface area contributed by atoms with E-state index in [1.54, 1.807) is 12.1 Å². The zero-order chi connectivity index (χ0) is 19.8. The highest BCUT2D eigenvalue weighted by molar-refractivity contribution is 5.96. The second-order valence-electron chi connectivity index (χ2n) is 8.28. The molecule has 1 saturated carbocycles. The first-order chi connectivity index (χ1) is 12.7. The number of rotatable bonds is 6. The summed E-state index contributed by atoms with van der Waals surface area (Å²) in [6, 6.07) is 9.58. The first-order valence-electron chi connectivity index (χ1n) is 9.41. The SMILES string of the molecule is CC(C)n1nc(-c2ccc(C#N)cc2)c(C2CC2)c1C(=O)NCC(C)(C)N. The Hall–Kier alpha value is -2.65. The summed E-state index contributed by atoms with van der Waals surface area (Å²) >= 11 is 0. The van der Waals surface area contributed by atoms with Crippen molar-refractivity contribution in [2.24, 2.45) is 5.73 Å². The Kier molecular flexibility index (Phi) is 5.07. The standard InChI is InChI=1S/C21H27N5O/c1-13(2)26-19(20(27)24-12-21(3,4)23)17(15-9-10-15)18(25-26)16-7-5-14(11-22)6-8-16/h5-8,13,15H,9-10,12,23H2,1-4H3,(H,24,27). The Balaban J connectivity index is 2.07. The molecule has 6 heteroatoms. The van der Waals surface area contributed by atoms with Gasteiger partial charge in [0.05, 0.1) is 17.3 Å². The molecule has 0 spiro atoms. The number of aromatic nitrogens is 2. The molecule has 2 aromatic rings. The summed E-state index contributed by atoms with van der Waals surface area (Å²) in [6.07, 6.45) is 2.13. The molecule has 1 heterocycles. The molecule has 1 aromatic carbocycles. The van der Waals surface area contributed by atoms with Crippen LogP contribution in [0.5, 0.6) is 0 Å². The number of carbonyl (C=O) groups is 1. The highest BCUT2D eigenvalue weighted by Gasteiger charge is 2.36. The molecule has 1 aliphatic rings. The molecule has 6 nitrogen and oxygen atoms in total. The largest absolute Gasteiger partial charge is 0.349 e. The smallest absolute Gasteiger partial charge is 0.269 e. The van der Waals surface area contributed by atoms with Crippen molar-refractivity contribution in [1.29, 1.82) is 5.26 Å². The van der Waals surface area contributed by atoms with Crippen LogP contribution in [0.4, 0.5) is 0 Å². The Morgan fingerprint density at radius 1 is 1.37 bits per heavy atom. The van der Waals surface area contributed by atoms with Crippen LogP contribution in [0.25, 0.3) is 11.3 Å². The van der Waals surface area contributed by atoms with Crippen molar-refractivity contribution < 1.29 is 4.79 Å². The van der Waals surface area contributed by atoms with Crippen LogP contribution in [0.1, 0.15) is 74.1 Å². The minimum absolute atomic E-state index is 0.0567. The van der Waals surface area contributed by atoms with Gasteiger partial charge in [-0.3, -0.25) is 9.48 Å². The van der Waals surface area contributed by atoms with Crippen LogP contribution in [-0.4, -0.2) is 27.8 Å². The molecule has 1 amide bonds. The summed E-state index contributed by atoms with van der Waals surface area (Å²) in [7, 11) is 0. The van der Waals surface area contributed by atoms with Gasteiger partial charge in [0.1, 0.15) is 5.69 Å². The van der Waals surface area contributed by atoms with E-state index in [4.69, 9.17) is 16.1 Å². The lowest BCUT2D eigenvalue weighted by Crippen LogP contribution is -2.45. The molecule has 0 unspecified atom stereocenters. The average molecular weight is 365 g/mol. The Bertz CT molecular complexity index is 877. The fourth-order valence-electron chi connectivity index (χ4n) is 3.11. The highest BCUT2D eigenvalue weighted by atomic mass is 16.2. The van der Waals surface area contributed by atoms with E-state index in [1.165, 1.54) is 0 Å². The van der Waals surface area contributed by atoms with Crippen LogP contribution >= 0.6 is 0 Å². The highest BCUT2D eigenvalue weighted by Crippen LogP contribution is 2.46. The van der Waals surface area contributed by atoms with Gasteiger partial charge in [-0.2, -0.15) is 10.4 Å². The van der Waals surface area contributed by atoms with Crippen molar-refractivity contribution in [2.45, 2.75) is 58.0 Å². The first kappa shape index (κ1) is 19.1. The second kappa shape index (κ2) is 7.16. The number of benzene rings is 1. The predicted octanol–water partition coefficient (Wildman–Crippen LogP) is 3.35. The molecule has 3 N–H and O–H groups in total. The van der Waals surface area contributed by atoms with Crippen molar-refractivity contribution in [3.63, 3.8) is 0 Å². The van der Waals surface area contributed by atoms with E-state index in [2.05, 4.69) is 11.4 Å². The number of amides is 1. The van der Waals surface area contributed by atoms with Gasteiger partial charge in [-0.25, -0.2) is 0 Å². The zero-order valence-corrected chi connectivity index (χ0v) is 16.4. The number of nitrogens with zero attached hydrogens (tertiary/aromatic N) is 3. The van der Waals surface area contributed by atoms with Gasteiger partial charge in [-0.05, 0) is 58.6 Å². The predicted molar refractivity (Wildman–Crippen MR) is 105 cm³/mol. The molecular formula is C21H27N5O. The van der Waals surface area contributed by atoms with Crippen LogP contribution in [0.2, 0.25) is 0 Å². The molecule has 27 heavy (non-hydrogen) atoms. The van der Waals surface area contributed by atoms with Crippen molar-refractivity contribution in [3.8, 4) is 17.3 Å². The lowest BCUT2D eigenvalue weighted by atomic mass is 10.0. The number of nitriles is 1. The lowest BCUT2D eigenvalue weighted by Gasteiger charge is -2.20. The maximum absolute atomic E-state index is 13.0. The second-order valence-corrected chi connectivity index (χ2v) is 8.28. The van der Waals surface area contributed by atoms with E-state index in [0.29, 0.717) is 23.7 Å². The normalized spacial score (nSPS) is 14.3. The monoisotopic (exact) mass is 365 g/mol. The summed E-state index contributed by atoms with van der Waals surface area (Å²) in [5.74, 6) is 0.228. The molecule has 0 aliphatic heterocycles. The van der Waals surface area contributed by atoms with Gasteiger partial charge in [0, 0.05) is 29.3 Å². The Labute approximate surface area is 160 Å². The minimum atomic E-state index is -0.478. The van der Waals surface area contributed by atoms with Crippen molar-refractivity contribution in [3.05, 3.63) is 41.1 Å². The van der Waals surface area contributed by atoms with Gasteiger partial charge < -0.3 is 11.1 Å². The fraction of sp³-hybridized carbons (Fsp3) is 0.476. The molecule has 0 saturated heterocycles. The maximum Gasteiger partial charge on any atom is 0.269 e. The van der Waals surface area contributed by atoms with Crippen LogP contribution in [0.3, 0.4) is 0 Å². The molecule has 0 radical (unpaired) electrons. The third-order valence-electron chi connectivity index (χ3n) is 4.63. The molecule has 0 bridgehead atoms.